The number of piperidine rings is 1. The third kappa shape index (κ3) is 2.35. The number of ether oxygens (including phenoxy) is 1. The monoisotopic (exact) mass is 294 g/mol. The average molecular weight is 294 g/mol. The van der Waals surface area contributed by atoms with Crippen LogP contribution in [-0.2, 0) is 19.1 Å². The number of nitrogens with zero attached hydrogens (tertiary/aromatic N) is 1. The van der Waals surface area contributed by atoms with Crippen molar-refractivity contribution in [2.45, 2.75) is 45.7 Å². The molecule has 0 spiro atoms. The number of esters is 1. The van der Waals surface area contributed by atoms with Crippen LogP contribution in [0.1, 0.15) is 33.6 Å². The van der Waals surface area contributed by atoms with Crippen molar-refractivity contribution in [2.75, 3.05) is 13.2 Å². The fourth-order valence-electron chi connectivity index (χ4n) is 3.34. The van der Waals surface area contributed by atoms with Crippen LogP contribution in [0.5, 0.6) is 0 Å². The first-order chi connectivity index (χ1) is 9.87. The Hall–Kier alpha value is -1.43. The van der Waals surface area contributed by atoms with Crippen molar-refractivity contribution < 1.29 is 19.1 Å². The van der Waals surface area contributed by atoms with Crippen LogP contribution >= 0.6 is 0 Å². The fourth-order valence-corrected chi connectivity index (χ4v) is 3.34. The summed E-state index contributed by atoms with van der Waals surface area (Å²) in [4.78, 5) is 37.9. The zero-order valence-electron chi connectivity index (χ0n) is 12.7. The number of carbonyl (C=O) groups is 3. The molecule has 0 aromatic heterocycles. The number of imide groups is 1. The van der Waals surface area contributed by atoms with Gasteiger partial charge in [-0.3, -0.25) is 19.3 Å². The highest BCUT2D eigenvalue weighted by Gasteiger charge is 2.72. The van der Waals surface area contributed by atoms with Gasteiger partial charge in [0.25, 0.3) is 0 Å². The molecule has 1 N–H and O–H groups in total. The molecule has 1 aliphatic heterocycles. The molecule has 6 nitrogen and oxygen atoms in total. The van der Waals surface area contributed by atoms with Gasteiger partial charge in [-0.15, -0.1) is 0 Å². The van der Waals surface area contributed by atoms with Gasteiger partial charge in [-0.2, -0.15) is 0 Å². The molecule has 3 aliphatic rings. The number of amides is 2. The van der Waals surface area contributed by atoms with Crippen molar-refractivity contribution in [3.63, 3.8) is 0 Å². The van der Waals surface area contributed by atoms with Crippen molar-refractivity contribution >= 4 is 17.8 Å². The molecular formula is C15H22N2O4. The minimum absolute atomic E-state index is 0.0933. The summed E-state index contributed by atoms with van der Waals surface area (Å²) in [5.41, 5.74) is -0.214. The first-order valence-corrected chi connectivity index (χ1v) is 7.65. The molecule has 21 heavy (non-hydrogen) atoms. The number of carbonyl (C=O) groups excluding carboxylic acids is 3. The first kappa shape index (κ1) is 14.5. The Kier molecular flexibility index (Phi) is 3.31. The Balaban J connectivity index is 1.67. The molecule has 3 atom stereocenters. The molecule has 1 saturated heterocycles. The van der Waals surface area contributed by atoms with Gasteiger partial charge in [-0.1, -0.05) is 13.8 Å². The maximum atomic E-state index is 12.3. The fraction of sp³-hybridized carbons (Fsp3) is 0.800. The molecule has 2 aliphatic carbocycles. The highest BCUT2D eigenvalue weighted by atomic mass is 16.5. The van der Waals surface area contributed by atoms with Crippen LogP contribution in [0.4, 0.5) is 0 Å². The van der Waals surface area contributed by atoms with E-state index in [2.05, 4.69) is 5.32 Å². The van der Waals surface area contributed by atoms with Gasteiger partial charge in [0.05, 0.1) is 25.0 Å². The van der Waals surface area contributed by atoms with Gasteiger partial charge >= 0.3 is 5.97 Å². The summed E-state index contributed by atoms with van der Waals surface area (Å²) in [5, 5.41) is 3.17. The number of nitrogens with one attached hydrogen (secondary N) is 1. The molecule has 2 saturated carbocycles. The van der Waals surface area contributed by atoms with Crippen LogP contribution in [-0.4, -0.2) is 47.9 Å². The summed E-state index contributed by atoms with van der Waals surface area (Å²) in [5.74, 6) is -1.06. The van der Waals surface area contributed by atoms with E-state index in [9.17, 15) is 14.4 Å². The number of hydrogen-bond acceptors (Lipinski definition) is 5. The van der Waals surface area contributed by atoms with Crippen LogP contribution < -0.4 is 5.32 Å². The predicted octanol–water partition coefficient (Wildman–Crippen LogP) is 0.311. The Labute approximate surface area is 124 Å². The molecule has 2 amide bonds. The Morgan fingerprint density at radius 2 is 1.90 bits per heavy atom. The van der Waals surface area contributed by atoms with E-state index in [4.69, 9.17) is 4.74 Å². The van der Waals surface area contributed by atoms with E-state index in [1.54, 1.807) is 6.92 Å². The normalized spacial score (nSPS) is 31.1. The van der Waals surface area contributed by atoms with Gasteiger partial charge < -0.3 is 10.1 Å². The summed E-state index contributed by atoms with van der Waals surface area (Å²) in [6.07, 6.45) is 2.05. The third-order valence-corrected chi connectivity index (χ3v) is 4.84. The molecule has 0 aromatic carbocycles. The number of hydrogen-bond donors (Lipinski definition) is 1. The molecule has 3 unspecified atom stereocenters. The molecule has 6 heteroatoms. The summed E-state index contributed by atoms with van der Waals surface area (Å²) < 4.78 is 5.04. The quantitative estimate of drug-likeness (QED) is 0.564. The molecule has 3 rings (SSSR count). The van der Waals surface area contributed by atoms with Crippen LogP contribution in [0.3, 0.4) is 0 Å². The van der Waals surface area contributed by atoms with Gasteiger partial charge in [0.2, 0.25) is 11.8 Å². The van der Waals surface area contributed by atoms with E-state index in [1.165, 1.54) is 4.90 Å². The van der Waals surface area contributed by atoms with Gasteiger partial charge in [-0.05, 0) is 25.2 Å². The standard InChI is InChI=1S/C15H22N2O4/c1-4-21-14(20)9(16-8-5-6-8)7-17-12(18)10-11(13(17)19)15(10,2)3/h8-11,16H,4-7H2,1-3H3. The summed E-state index contributed by atoms with van der Waals surface area (Å²) in [6.45, 7) is 6.02. The molecule has 0 bridgehead atoms. The van der Waals surface area contributed by atoms with Gasteiger partial charge in [-0.25, -0.2) is 0 Å². The lowest BCUT2D eigenvalue weighted by atomic mass is 10.1. The molecule has 3 fully saturated rings. The maximum absolute atomic E-state index is 12.3. The van der Waals surface area contributed by atoms with Gasteiger partial charge in [0.15, 0.2) is 0 Å². The summed E-state index contributed by atoms with van der Waals surface area (Å²) in [7, 11) is 0. The van der Waals surface area contributed by atoms with Crippen molar-refractivity contribution in [3.05, 3.63) is 0 Å². The van der Waals surface area contributed by atoms with Crippen molar-refractivity contribution in [3.8, 4) is 0 Å². The minimum atomic E-state index is -0.606. The van der Waals surface area contributed by atoms with Crippen LogP contribution in [0, 0.1) is 17.3 Å². The molecule has 0 aromatic rings. The molecule has 0 radical (unpaired) electrons. The first-order valence-electron chi connectivity index (χ1n) is 7.65. The topological polar surface area (TPSA) is 75.7 Å². The van der Waals surface area contributed by atoms with Crippen LogP contribution in [0.15, 0.2) is 0 Å². The second kappa shape index (κ2) is 4.80. The molecular weight excluding hydrogens is 272 g/mol. The Morgan fingerprint density at radius 3 is 2.38 bits per heavy atom. The van der Waals surface area contributed by atoms with Gasteiger partial charge in [0, 0.05) is 6.04 Å². The van der Waals surface area contributed by atoms with Crippen molar-refractivity contribution in [1.29, 1.82) is 0 Å². The lowest BCUT2D eigenvalue weighted by Gasteiger charge is -2.25. The highest BCUT2D eigenvalue weighted by molar-refractivity contribution is 6.10. The zero-order chi connectivity index (χ0) is 15.4. The lowest BCUT2D eigenvalue weighted by molar-refractivity contribution is -0.149. The Bertz CT molecular complexity index is 474. The van der Waals surface area contributed by atoms with Gasteiger partial charge in [0.1, 0.15) is 6.04 Å². The SMILES string of the molecule is CCOC(=O)C(CN1C(=O)C2C(C1=O)C2(C)C)NC1CC1. The second-order valence-corrected chi connectivity index (χ2v) is 6.81. The van der Waals surface area contributed by atoms with E-state index in [-0.39, 0.29) is 41.6 Å². The van der Waals surface area contributed by atoms with Crippen LogP contribution in [0.2, 0.25) is 0 Å². The maximum Gasteiger partial charge on any atom is 0.325 e. The average Bonchev–Trinajstić information content (AvgIpc) is 3.28. The zero-order valence-corrected chi connectivity index (χ0v) is 12.7. The smallest absolute Gasteiger partial charge is 0.325 e. The summed E-state index contributed by atoms with van der Waals surface area (Å²) >= 11 is 0. The van der Waals surface area contributed by atoms with E-state index >= 15 is 0 Å². The number of rotatable bonds is 6. The highest BCUT2D eigenvalue weighted by Crippen LogP contribution is 2.63. The number of likely N-dealkylation sites (tertiary alicyclic amines) is 1. The van der Waals surface area contributed by atoms with E-state index < -0.39 is 6.04 Å². The number of fused-ring (bicyclic) bond motifs is 1. The van der Waals surface area contributed by atoms with Crippen molar-refractivity contribution in [2.24, 2.45) is 17.3 Å². The third-order valence-electron chi connectivity index (χ3n) is 4.84. The Morgan fingerprint density at radius 1 is 1.33 bits per heavy atom. The second-order valence-electron chi connectivity index (χ2n) is 6.81. The van der Waals surface area contributed by atoms with Crippen LogP contribution in [0.25, 0.3) is 0 Å². The van der Waals surface area contributed by atoms with E-state index in [1.807, 2.05) is 13.8 Å². The van der Waals surface area contributed by atoms with Crippen molar-refractivity contribution in [1.82, 2.24) is 10.2 Å². The lowest BCUT2D eigenvalue weighted by Crippen LogP contribution is -2.50. The predicted molar refractivity (Wildman–Crippen MR) is 74.1 cm³/mol. The largest absolute Gasteiger partial charge is 0.465 e. The van der Waals surface area contributed by atoms with E-state index in [0.29, 0.717) is 12.6 Å². The van der Waals surface area contributed by atoms with E-state index in [0.717, 1.165) is 12.8 Å². The molecule has 116 valence electrons. The molecule has 1 heterocycles. The summed E-state index contributed by atoms with van der Waals surface area (Å²) in [6, 6.07) is -0.302. The minimum Gasteiger partial charge on any atom is -0.465 e.